The molecule has 0 saturated heterocycles. The summed E-state index contributed by atoms with van der Waals surface area (Å²) in [4.78, 5) is 12.6. The molecule has 1 N–H and O–H groups in total. The van der Waals surface area contributed by atoms with Gasteiger partial charge in [0.1, 0.15) is 11.5 Å². The van der Waals surface area contributed by atoms with Crippen LogP contribution in [0.3, 0.4) is 0 Å². The Bertz CT molecular complexity index is 1190. The van der Waals surface area contributed by atoms with Crippen LogP contribution in [0.2, 0.25) is 0 Å². The van der Waals surface area contributed by atoms with Gasteiger partial charge in [0.15, 0.2) is 0 Å². The van der Waals surface area contributed by atoms with Gasteiger partial charge in [-0.05, 0) is 115 Å². The quantitative estimate of drug-likeness (QED) is 0.0961. The lowest BCUT2D eigenvalue weighted by atomic mass is 9.73. The molecule has 0 aliphatic rings. The summed E-state index contributed by atoms with van der Waals surface area (Å²) in [5.41, 5.74) is -6.35. The van der Waals surface area contributed by atoms with E-state index in [0.29, 0.717) is 31.4 Å². The van der Waals surface area contributed by atoms with E-state index in [-0.39, 0.29) is 11.3 Å². The Kier molecular flexibility index (Phi) is 8.01. The van der Waals surface area contributed by atoms with Crippen molar-refractivity contribution in [2.75, 3.05) is 0 Å². The van der Waals surface area contributed by atoms with Crippen molar-refractivity contribution in [2.45, 2.75) is 17.8 Å². The molecule has 3 aromatic carbocycles. The van der Waals surface area contributed by atoms with E-state index in [1.807, 2.05) is 67.8 Å². The van der Waals surface area contributed by atoms with E-state index in [1.165, 1.54) is 0 Å². The van der Waals surface area contributed by atoms with Gasteiger partial charge >= 0.3 is 18.3 Å². The van der Waals surface area contributed by atoms with E-state index >= 15 is 0 Å². The van der Waals surface area contributed by atoms with Crippen LogP contribution in [0.25, 0.3) is 0 Å². The Morgan fingerprint density at radius 3 is 1.62 bits per heavy atom. The van der Waals surface area contributed by atoms with E-state index in [2.05, 4.69) is 0 Å². The summed E-state index contributed by atoms with van der Waals surface area (Å²) in [7, 11) is 0. The van der Waals surface area contributed by atoms with Gasteiger partial charge in [-0.1, -0.05) is 24.3 Å². The molecular weight excluding hydrogens is 807 g/mol. The number of benzene rings is 3. The number of carbonyl (C=O) groups is 1. The highest BCUT2D eigenvalue weighted by molar-refractivity contribution is 14.1. The molecule has 0 aliphatic carbocycles. The number of hydrogen-bond donors (Lipinski definition) is 1. The fraction of sp³-hybridized carbons (Fsp3) is 0.136. The van der Waals surface area contributed by atoms with Crippen molar-refractivity contribution in [1.82, 2.24) is 0 Å². The number of phenols is 1. The summed E-state index contributed by atoms with van der Waals surface area (Å²) in [6, 6.07) is 9.14. The Balaban J connectivity index is 2.07. The van der Waals surface area contributed by atoms with Crippen LogP contribution in [-0.4, -0.2) is 23.4 Å². The Labute approximate surface area is 230 Å². The van der Waals surface area contributed by atoms with Gasteiger partial charge in [0.2, 0.25) is 5.41 Å². The number of hydrogen-bond acceptors (Lipinski definition) is 3. The molecule has 0 aliphatic heterocycles. The van der Waals surface area contributed by atoms with Gasteiger partial charge in [-0.2, -0.15) is 26.3 Å². The molecule has 12 heteroatoms. The maximum atomic E-state index is 14.1. The van der Waals surface area contributed by atoms with Gasteiger partial charge in [-0.3, -0.25) is 0 Å². The van der Waals surface area contributed by atoms with Crippen molar-refractivity contribution in [3.63, 3.8) is 0 Å². The number of halogens is 9. The Morgan fingerprint density at radius 1 is 0.706 bits per heavy atom. The normalized spacial score (nSPS) is 12.5. The minimum atomic E-state index is -5.77. The third-order valence-electron chi connectivity index (χ3n) is 4.90. The SMILES string of the molecule is O=C(Oc1ccc(C(c2ccc(O)cc2)(C(F)(F)F)C(F)(F)F)cc1)c1c(I)ccc(I)c1I. The summed E-state index contributed by atoms with van der Waals surface area (Å²) >= 11 is 5.89. The highest BCUT2D eigenvalue weighted by Gasteiger charge is 2.72. The zero-order chi connectivity index (χ0) is 25.5. The number of carbonyl (C=O) groups excluding carboxylic acids is 1. The van der Waals surface area contributed by atoms with Crippen LogP contribution < -0.4 is 4.74 Å². The van der Waals surface area contributed by atoms with E-state index in [4.69, 9.17) is 4.74 Å². The summed E-state index contributed by atoms with van der Waals surface area (Å²) in [6.45, 7) is 0. The van der Waals surface area contributed by atoms with E-state index in [0.717, 1.165) is 27.8 Å². The zero-order valence-corrected chi connectivity index (χ0v) is 22.9. The lowest BCUT2D eigenvalue weighted by Crippen LogP contribution is -2.54. The average molecular weight is 818 g/mol. The molecule has 0 fully saturated rings. The molecule has 34 heavy (non-hydrogen) atoms. The maximum Gasteiger partial charge on any atom is 0.411 e. The summed E-state index contributed by atoms with van der Waals surface area (Å²) in [5.74, 6) is -1.50. The Morgan fingerprint density at radius 2 is 1.15 bits per heavy atom. The molecule has 3 rings (SSSR count). The first-order valence-corrected chi connectivity index (χ1v) is 12.3. The van der Waals surface area contributed by atoms with Gasteiger partial charge in [0.25, 0.3) is 0 Å². The first-order valence-electron chi connectivity index (χ1n) is 9.09. The second-order valence-electron chi connectivity index (χ2n) is 6.92. The molecule has 0 aromatic heterocycles. The number of esters is 1. The highest BCUT2D eigenvalue weighted by Crippen LogP contribution is 2.56. The van der Waals surface area contributed by atoms with Gasteiger partial charge in [0, 0.05) is 10.7 Å². The number of aromatic hydroxyl groups is 1. The fourth-order valence-corrected chi connectivity index (χ4v) is 5.66. The average Bonchev–Trinajstić information content (AvgIpc) is 2.72. The topological polar surface area (TPSA) is 46.5 Å². The molecule has 0 heterocycles. The predicted molar refractivity (Wildman–Crippen MR) is 137 cm³/mol. The number of rotatable bonds is 4. The predicted octanol–water partition coefficient (Wildman–Crippen LogP) is 7.84. The lowest BCUT2D eigenvalue weighted by molar-refractivity contribution is -0.288. The third kappa shape index (κ3) is 4.99. The largest absolute Gasteiger partial charge is 0.508 e. The molecule has 0 bridgehead atoms. The number of alkyl halides is 6. The molecule has 180 valence electrons. The van der Waals surface area contributed by atoms with Crippen molar-refractivity contribution in [3.05, 3.63) is 88.1 Å². The fourth-order valence-electron chi connectivity index (χ4n) is 3.34. The van der Waals surface area contributed by atoms with Crippen LogP contribution in [0.15, 0.2) is 60.7 Å². The second-order valence-corrected chi connectivity index (χ2v) is 10.3. The smallest absolute Gasteiger partial charge is 0.411 e. The maximum absolute atomic E-state index is 14.1. The summed E-state index contributed by atoms with van der Waals surface area (Å²) in [6.07, 6.45) is -11.5. The molecule has 0 spiro atoms. The van der Waals surface area contributed by atoms with Gasteiger partial charge in [-0.25, -0.2) is 4.79 Å². The summed E-state index contributed by atoms with van der Waals surface area (Å²) < 4.78 is 92.0. The molecule has 3 aromatic rings. The van der Waals surface area contributed by atoms with Crippen molar-refractivity contribution in [1.29, 1.82) is 0 Å². The number of ether oxygens (including phenoxy) is 1. The molecule has 0 atom stereocenters. The number of phenolic OH excluding ortho intramolecular Hbond substituents is 1. The van der Waals surface area contributed by atoms with Gasteiger partial charge in [0.05, 0.1) is 5.56 Å². The first-order chi connectivity index (χ1) is 15.7. The van der Waals surface area contributed by atoms with Crippen molar-refractivity contribution >= 4 is 73.7 Å². The first kappa shape index (κ1) is 27.3. The lowest BCUT2D eigenvalue weighted by Gasteiger charge is -2.38. The standard InChI is InChI=1S/C22H11F6I3O3/c23-21(24,25)20(22(26,27)28,11-1-5-13(32)6-2-11)12-3-7-14(8-4-12)34-19(33)17-15(29)9-10-16(30)18(17)31/h1-10,32H. The van der Waals surface area contributed by atoms with Gasteiger partial charge < -0.3 is 9.84 Å². The third-order valence-corrected chi connectivity index (χ3v) is 8.85. The van der Waals surface area contributed by atoms with Crippen LogP contribution in [0.4, 0.5) is 26.3 Å². The monoisotopic (exact) mass is 818 g/mol. The van der Waals surface area contributed by atoms with Gasteiger partial charge in [-0.15, -0.1) is 0 Å². The molecule has 0 amide bonds. The molecule has 0 radical (unpaired) electrons. The van der Waals surface area contributed by atoms with Crippen LogP contribution in [0.1, 0.15) is 21.5 Å². The molecular formula is C22H11F6I3O3. The summed E-state index contributed by atoms with van der Waals surface area (Å²) in [5, 5.41) is 9.36. The molecule has 0 unspecified atom stereocenters. The van der Waals surface area contributed by atoms with Crippen molar-refractivity contribution < 1.29 is 41.0 Å². The zero-order valence-electron chi connectivity index (χ0n) is 16.4. The minimum absolute atomic E-state index is 0.219. The van der Waals surface area contributed by atoms with E-state index in [1.54, 1.807) is 12.1 Å². The molecule has 3 nitrogen and oxygen atoms in total. The Hall–Kier alpha value is -1.30. The minimum Gasteiger partial charge on any atom is -0.508 e. The molecule has 0 saturated carbocycles. The van der Waals surface area contributed by atoms with E-state index < -0.39 is 40.6 Å². The van der Waals surface area contributed by atoms with Crippen LogP contribution >= 0.6 is 67.8 Å². The van der Waals surface area contributed by atoms with Crippen LogP contribution in [0, 0.1) is 10.7 Å². The second kappa shape index (κ2) is 9.99. The van der Waals surface area contributed by atoms with Crippen molar-refractivity contribution in [3.8, 4) is 11.5 Å². The van der Waals surface area contributed by atoms with Crippen molar-refractivity contribution in [2.24, 2.45) is 0 Å². The van der Waals surface area contributed by atoms with Crippen LogP contribution in [0.5, 0.6) is 11.5 Å². The van der Waals surface area contributed by atoms with E-state index in [9.17, 15) is 36.2 Å². The van der Waals surface area contributed by atoms with Crippen LogP contribution in [-0.2, 0) is 5.41 Å². The highest BCUT2D eigenvalue weighted by atomic mass is 127.